The van der Waals surface area contributed by atoms with E-state index >= 15 is 0 Å². The standard InChI is InChI=1S/C9H14O6S/c1-14-8(10)7(9(11)15-2)6-3-4-16(12,13)5-6/h6,10H,3-5H2,1-2H3/p-1/t6-/m0/s1. The summed E-state index contributed by atoms with van der Waals surface area (Å²) in [4.78, 5) is 11.4. The second-order valence-electron chi connectivity index (χ2n) is 3.50. The minimum absolute atomic E-state index is 0.0187. The second-order valence-corrected chi connectivity index (χ2v) is 5.73. The van der Waals surface area contributed by atoms with E-state index in [0.717, 1.165) is 14.2 Å². The molecule has 0 amide bonds. The minimum atomic E-state index is -3.16. The molecule has 92 valence electrons. The molecule has 0 aromatic carbocycles. The summed E-state index contributed by atoms with van der Waals surface area (Å²) in [5.41, 5.74) is -0.217. The summed E-state index contributed by atoms with van der Waals surface area (Å²) in [6.45, 7) is 0. The van der Waals surface area contributed by atoms with Crippen LogP contribution in [0, 0.1) is 5.92 Å². The van der Waals surface area contributed by atoms with Gasteiger partial charge in [-0.05, 0) is 13.5 Å². The zero-order chi connectivity index (χ0) is 12.3. The average Bonchev–Trinajstić information content (AvgIpc) is 2.58. The second kappa shape index (κ2) is 4.73. The predicted octanol–water partition coefficient (Wildman–Crippen LogP) is -1.19. The largest absolute Gasteiger partial charge is 0.616 e. The van der Waals surface area contributed by atoms with Crippen LogP contribution < -0.4 is 5.11 Å². The van der Waals surface area contributed by atoms with Crippen LogP contribution in [0.5, 0.6) is 0 Å². The van der Waals surface area contributed by atoms with Crippen molar-refractivity contribution in [2.45, 2.75) is 6.42 Å². The number of carbonyl (C=O) groups excluding carboxylic acids is 1. The first-order valence-corrected chi connectivity index (χ1v) is 6.47. The Labute approximate surface area is 93.8 Å². The van der Waals surface area contributed by atoms with E-state index in [9.17, 15) is 18.3 Å². The Balaban J connectivity index is 3.01. The molecular weight excluding hydrogens is 236 g/mol. The number of esters is 1. The molecule has 7 heteroatoms. The Kier molecular flexibility index (Phi) is 3.79. The minimum Gasteiger partial charge on any atom is -0.616 e. The van der Waals surface area contributed by atoms with Crippen LogP contribution >= 0.6 is 0 Å². The van der Waals surface area contributed by atoms with E-state index in [1.54, 1.807) is 0 Å². The summed E-state index contributed by atoms with van der Waals surface area (Å²) in [5.74, 6) is -2.49. The Hall–Kier alpha value is -1.24. The molecule has 1 rings (SSSR count). The first kappa shape index (κ1) is 12.8. The number of methoxy groups -OCH3 is 2. The molecule has 0 aliphatic carbocycles. The summed E-state index contributed by atoms with van der Waals surface area (Å²) in [6, 6.07) is 0. The molecule has 0 aromatic heterocycles. The average molecular weight is 249 g/mol. The quantitative estimate of drug-likeness (QED) is 0.355. The lowest BCUT2D eigenvalue weighted by Gasteiger charge is -2.18. The highest BCUT2D eigenvalue weighted by atomic mass is 32.2. The summed E-state index contributed by atoms with van der Waals surface area (Å²) in [5, 5.41) is 11.4. The topological polar surface area (TPSA) is 92.7 Å². The third kappa shape index (κ3) is 2.66. The van der Waals surface area contributed by atoms with Gasteiger partial charge in [0.25, 0.3) is 0 Å². The van der Waals surface area contributed by atoms with Crippen LogP contribution in [0.2, 0.25) is 0 Å². The summed E-state index contributed by atoms with van der Waals surface area (Å²) >= 11 is 0. The van der Waals surface area contributed by atoms with Gasteiger partial charge in [-0.1, -0.05) is 0 Å². The molecule has 0 N–H and O–H groups in total. The SMILES string of the molecule is COC(=O)C(=C([O-])OC)[C@H]1CCS(=O)(=O)C1. The van der Waals surface area contributed by atoms with Crippen molar-refractivity contribution in [1.82, 2.24) is 0 Å². The summed E-state index contributed by atoms with van der Waals surface area (Å²) in [6.07, 6.45) is 0.252. The molecule has 0 radical (unpaired) electrons. The van der Waals surface area contributed by atoms with Crippen LogP contribution in [-0.2, 0) is 24.1 Å². The monoisotopic (exact) mass is 249 g/mol. The van der Waals surface area contributed by atoms with Crippen molar-refractivity contribution < 1.29 is 27.8 Å². The van der Waals surface area contributed by atoms with E-state index in [2.05, 4.69) is 9.47 Å². The molecule has 1 aliphatic heterocycles. The van der Waals surface area contributed by atoms with Crippen LogP contribution in [-0.4, -0.2) is 40.1 Å². The van der Waals surface area contributed by atoms with E-state index in [4.69, 9.17) is 0 Å². The van der Waals surface area contributed by atoms with Crippen molar-refractivity contribution in [2.24, 2.45) is 5.92 Å². The fourth-order valence-corrected chi connectivity index (χ4v) is 3.42. The number of ether oxygens (including phenoxy) is 2. The number of hydrogen-bond acceptors (Lipinski definition) is 6. The van der Waals surface area contributed by atoms with Gasteiger partial charge >= 0.3 is 5.97 Å². The van der Waals surface area contributed by atoms with Gasteiger partial charge in [0.1, 0.15) is 0 Å². The van der Waals surface area contributed by atoms with Crippen LogP contribution in [0.4, 0.5) is 0 Å². The first-order valence-electron chi connectivity index (χ1n) is 4.65. The van der Waals surface area contributed by atoms with Crippen molar-refractivity contribution >= 4 is 15.8 Å². The maximum atomic E-state index is 11.4. The van der Waals surface area contributed by atoms with Gasteiger partial charge in [0.05, 0.1) is 30.1 Å². The van der Waals surface area contributed by atoms with Gasteiger partial charge < -0.3 is 14.6 Å². The Morgan fingerprint density at radius 3 is 2.31 bits per heavy atom. The predicted molar refractivity (Wildman–Crippen MR) is 52.8 cm³/mol. The Morgan fingerprint density at radius 2 is 1.94 bits per heavy atom. The maximum absolute atomic E-state index is 11.4. The van der Waals surface area contributed by atoms with Gasteiger partial charge in [0, 0.05) is 5.92 Å². The molecule has 1 fully saturated rings. The normalized spacial score (nSPS) is 24.8. The molecule has 1 aliphatic rings. The molecule has 6 nitrogen and oxygen atoms in total. The fraction of sp³-hybridized carbons (Fsp3) is 0.667. The van der Waals surface area contributed by atoms with Gasteiger partial charge in [-0.2, -0.15) is 0 Å². The Bertz CT molecular complexity index is 408. The molecule has 1 heterocycles. The smallest absolute Gasteiger partial charge is 0.335 e. The van der Waals surface area contributed by atoms with E-state index in [0.29, 0.717) is 0 Å². The van der Waals surface area contributed by atoms with Crippen LogP contribution in [0.25, 0.3) is 0 Å². The van der Waals surface area contributed by atoms with E-state index in [1.807, 2.05) is 0 Å². The molecule has 0 bridgehead atoms. The van der Waals surface area contributed by atoms with E-state index in [1.165, 1.54) is 0 Å². The van der Waals surface area contributed by atoms with Crippen molar-refractivity contribution in [2.75, 3.05) is 25.7 Å². The Morgan fingerprint density at radius 1 is 1.31 bits per heavy atom. The molecule has 0 aromatic rings. The van der Waals surface area contributed by atoms with Gasteiger partial charge in [-0.25, -0.2) is 13.2 Å². The highest BCUT2D eigenvalue weighted by molar-refractivity contribution is 7.91. The summed E-state index contributed by atoms with van der Waals surface area (Å²) in [7, 11) is -0.893. The van der Waals surface area contributed by atoms with Gasteiger partial charge in [-0.3, -0.25) is 0 Å². The molecule has 0 saturated carbocycles. The zero-order valence-electron chi connectivity index (χ0n) is 9.06. The fourth-order valence-electron chi connectivity index (χ4n) is 1.66. The van der Waals surface area contributed by atoms with Gasteiger partial charge in [0.2, 0.25) is 0 Å². The number of rotatable bonds is 3. The lowest BCUT2D eigenvalue weighted by molar-refractivity contribution is -0.355. The van der Waals surface area contributed by atoms with Crippen LogP contribution in [0.3, 0.4) is 0 Å². The molecule has 0 unspecified atom stereocenters. The first-order chi connectivity index (χ1) is 7.41. The molecular formula is C9H13O6S-. The third-order valence-electron chi connectivity index (χ3n) is 2.45. The molecule has 1 atom stereocenters. The van der Waals surface area contributed by atoms with Crippen molar-refractivity contribution in [3.05, 3.63) is 11.5 Å². The molecule has 0 spiro atoms. The van der Waals surface area contributed by atoms with Gasteiger partial charge in [0.15, 0.2) is 9.84 Å². The maximum Gasteiger partial charge on any atom is 0.335 e. The number of sulfone groups is 1. The zero-order valence-corrected chi connectivity index (χ0v) is 9.87. The highest BCUT2D eigenvalue weighted by Crippen LogP contribution is 2.27. The van der Waals surface area contributed by atoms with Crippen molar-refractivity contribution in [3.8, 4) is 0 Å². The van der Waals surface area contributed by atoms with Crippen molar-refractivity contribution in [1.29, 1.82) is 0 Å². The van der Waals surface area contributed by atoms with Gasteiger partial charge in [-0.15, -0.1) is 0 Å². The van der Waals surface area contributed by atoms with Crippen LogP contribution in [0.1, 0.15) is 6.42 Å². The number of hydrogen-bond donors (Lipinski definition) is 0. The van der Waals surface area contributed by atoms with E-state index < -0.39 is 27.7 Å². The molecule has 16 heavy (non-hydrogen) atoms. The number of carbonyl (C=O) groups is 1. The lowest BCUT2D eigenvalue weighted by atomic mass is 9.99. The van der Waals surface area contributed by atoms with Crippen molar-refractivity contribution in [3.63, 3.8) is 0 Å². The highest BCUT2D eigenvalue weighted by Gasteiger charge is 2.34. The summed E-state index contributed by atoms with van der Waals surface area (Å²) < 4.78 is 31.4. The van der Waals surface area contributed by atoms with Crippen LogP contribution in [0.15, 0.2) is 11.5 Å². The third-order valence-corrected chi connectivity index (χ3v) is 4.22. The van der Waals surface area contributed by atoms with E-state index in [-0.39, 0.29) is 23.5 Å². The lowest BCUT2D eigenvalue weighted by Crippen LogP contribution is -2.23. The molecule has 1 saturated heterocycles.